The van der Waals surface area contributed by atoms with Crippen molar-refractivity contribution in [2.75, 3.05) is 0 Å². The molecule has 0 aromatic rings. The lowest BCUT2D eigenvalue weighted by atomic mass is 9.70. The molecule has 3 aliphatic heterocycles. The van der Waals surface area contributed by atoms with E-state index in [-0.39, 0.29) is 35.8 Å². The summed E-state index contributed by atoms with van der Waals surface area (Å²) in [6.45, 7) is 6.46. The van der Waals surface area contributed by atoms with Gasteiger partial charge in [-0.3, -0.25) is 4.79 Å². The highest BCUT2D eigenvalue weighted by atomic mass is 16.6. The van der Waals surface area contributed by atoms with Crippen LogP contribution in [-0.4, -0.2) is 36.0 Å². The van der Waals surface area contributed by atoms with Crippen molar-refractivity contribution < 1.29 is 19.0 Å². The van der Waals surface area contributed by atoms with Gasteiger partial charge < -0.3 is 14.2 Å². The van der Waals surface area contributed by atoms with Crippen molar-refractivity contribution in [1.82, 2.24) is 0 Å². The van der Waals surface area contributed by atoms with Crippen LogP contribution >= 0.6 is 0 Å². The molecule has 0 spiro atoms. The van der Waals surface area contributed by atoms with Crippen molar-refractivity contribution in [3.63, 3.8) is 0 Å². The summed E-state index contributed by atoms with van der Waals surface area (Å²) in [4.78, 5) is 12.8. The average Bonchev–Trinajstić information content (AvgIpc) is 3.27. The van der Waals surface area contributed by atoms with Gasteiger partial charge in [0, 0.05) is 11.8 Å². The maximum Gasteiger partial charge on any atom is 0.312 e. The second-order valence-corrected chi connectivity index (χ2v) is 8.24. The second kappa shape index (κ2) is 5.73. The Bertz CT molecular complexity index is 470. The van der Waals surface area contributed by atoms with Crippen molar-refractivity contribution >= 4 is 5.97 Å². The summed E-state index contributed by atoms with van der Waals surface area (Å²) >= 11 is 0. The summed E-state index contributed by atoms with van der Waals surface area (Å²) in [5, 5.41) is 0. The number of carbonyl (C=O) groups excluding carboxylic acids is 1. The van der Waals surface area contributed by atoms with E-state index in [1.165, 1.54) is 12.8 Å². The van der Waals surface area contributed by atoms with Gasteiger partial charge in [0.15, 0.2) is 0 Å². The molecule has 130 valence electrons. The first-order valence-electron chi connectivity index (χ1n) is 9.60. The van der Waals surface area contributed by atoms with Crippen molar-refractivity contribution in [2.45, 2.75) is 95.7 Å². The Labute approximate surface area is 139 Å². The molecule has 0 amide bonds. The molecule has 7 unspecified atom stereocenters. The molecule has 1 saturated carbocycles. The molecule has 23 heavy (non-hydrogen) atoms. The third kappa shape index (κ3) is 2.44. The van der Waals surface area contributed by atoms with Gasteiger partial charge in [0.25, 0.3) is 0 Å². The van der Waals surface area contributed by atoms with Gasteiger partial charge in [-0.2, -0.15) is 0 Å². The summed E-state index contributed by atoms with van der Waals surface area (Å²) < 4.78 is 18.5. The van der Waals surface area contributed by atoms with Crippen LogP contribution in [0.2, 0.25) is 0 Å². The van der Waals surface area contributed by atoms with E-state index in [2.05, 4.69) is 20.8 Å². The van der Waals surface area contributed by atoms with E-state index in [4.69, 9.17) is 14.2 Å². The fourth-order valence-corrected chi connectivity index (χ4v) is 5.67. The minimum Gasteiger partial charge on any atom is -0.459 e. The molecule has 4 rings (SSSR count). The Morgan fingerprint density at radius 3 is 2.39 bits per heavy atom. The standard InChI is InChI=1S/C19H30O4/c1-4-12-15-14-10-11(17(22-14)16(15)13(5-2)21-12)18(20)23-19(3)8-6-7-9-19/h11-17H,4-10H2,1-3H3. The smallest absolute Gasteiger partial charge is 0.312 e. The first-order chi connectivity index (χ1) is 11.1. The van der Waals surface area contributed by atoms with E-state index in [9.17, 15) is 4.79 Å². The summed E-state index contributed by atoms with van der Waals surface area (Å²) in [7, 11) is 0. The summed E-state index contributed by atoms with van der Waals surface area (Å²) in [6, 6.07) is 0. The van der Waals surface area contributed by atoms with E-state index in [0.29, 0.717) is 17.9 Å². The lowest BCUT2D eigenvalue weighted by molar-refractivity contribution is -0.165. The van der Waals surface area contributed by atoms with Crippen molar-refractivity contribution in [1.29, 1.82) is 0 Å². The summed E-state index contributed by atoms with van der Waals surface area (Å²) in [5.41, 5.74) is -0.236. The molecule has 3 heterocycles. The van der Waals surface area contributed by atoms with Crippen LogP contribution in [0.1, 0.15) is 65.7 Å². The Hall–Kier alpha value is -0.610. The van der Waals surface area contributed by atoms with Crippen LogP contribution in [0, 0.1) is 17.8 Å². The first-order valence-corrected chi connectivity index (χ1v) is 9.60. The highest BCUT2D eigenvalue weighted by molar-refractivity contribution is 5.74. The van der Waals surface area contributed by atoms with Gasteiger partial charge in [0.1, 0.15) is 5.60 Å². The Balaban J connectivity index is 1.48. The molecule has 7 atom stereocenters. The van der Waals surface area contributed by atoms with Crippen LogP contribution in [0.5, 0.6) is 0 Å². The SMILES string of the molecule is CCC1OC(CC)C2C3OC(CC3C(=O)OC3(C)CCCC3)C12. The number of rotatable bonds is 4. The third-order valence-electron chi connectivity index (χ3n) is 6.79. The van der Waals surface area contributed by atoms with E-state index in [1.54, 1.807) is 0 Å². The molecule has 0 N–H and O–H groups in total. The van der Waals surface area contributed by atoms with Gasteiger partial charge in [-0.15, -0.1) is 0 Å². The Kier molecular flexibility index (Phi) is 3.96. The topological polar surface area (TPSA) is 44.8 Å². The van der Waals surface area contributed by atoms with Crippen LogP contribution in [0.3, 0.4) is 0 Å². The highest BCUT2D eigenvalue weighted by Gasteiger charge is 2.64. The van der Waals surface area contributed by atoms with Gasteiger partial charge >= 0.3 is 5.97 Å². The van der Waals surface area contributed by atoms with E-state index >= 15 is 0 Å². The molecule has 4 aliphatic rings. The molecule has 4 nitrogen and oxygen atoms in total. The number of hydrogen-bond donors (Lipinski definition) is 0. The molecule has 1 aliphatic carbocycles. The Morgan fingerprint density at radius 1 is 1.09 bits per heavy atom. The van der Waals surface area contributed by atoms with E-state index in [0.717, 1.165) is 32.1 Å². The van der Waals surface area contributed by atoms with Gasteiger partial charge in [-0.25, -0.2) is 0 Å². The highest BCUT2D eigenvalue weighted by Crippen LogP contribution is 2.55. The molecule has 3 saturated heterocycles. The van der Waals surface area contributed by atoms with Crippen LogP contribution in [0.4, 0.5) is 0 Å². The zero-order chi connectivity index (χ0) is 16.2. The lowest BCUT2D eigenvalue weighted by Gasteiger charge is -2.32. The Morgan fingerprint density at radius 2 is 1.74 bits per heavy atom. The maximum absolute atomic E-state index is 12.8. The normalized spacial score (nSPS) is 47.0. The van der Waals surface area contributed by atoms with Gasteiger partial charge in [0.2, 0.25) is 0 Å². The molecular weight excluding hydrogens is 292 g/mol. The van der Waals surface area contributed by atoms with Crippen LogP contribution < -0.4 is 0 Å². The molecule has 2 bridgehead atoms. The number of ether oxygens (including phenoxy) is 3. The van der Waals surface area contributed by atoms with Gasteiger partial charge in [-0.05, 0) is 51.9 Å². The predicted molar refractivity (Wildman–Crippen MR) is 86.0 cm³/mol. The predicted octanol–water partition coefficient (Wildman–Crippen LogP) is 3.47. The van der Waals surface area contributed by atoms with Crippen molar-refractivity contribution in [3.8, 4) is 0 Å². The first kappa shape index (κ1) is 15.9. The van der Waals surface area contributed by atoms with Crippen molar-refractivity contribution in [2.24, 2.45) is 17.8 Å². The monoisotopic (exact) mass is 322 g/mol. The van der Waals surface area contributed by atoms with E-state index < -0.39 is 0 Å². The molecule has 0 aromatic carbocycles. The maximum atomic E-state index is 12.8. The van der Waals surface area contributed by atoms with Crippen LogP contribution in [-0.2, 0) is 19.0 Å². The quantitative estimate of drug-likeness (QED) is 0.744. The van der Waals surface area contributed by atoms with Crippen LogP contribution in [0.25, 0.3) is 0 Å². The largest absolute Gasteiger partial charge is 0.459 e. The van der Waals surface area contributed by atoms with Crippen molar-refractivity contribution in [3.05, 3.63) is 0 Å². The number of fused-ring (bicyclic) bond motifs is 5. The van der Waals surface area contributed by atoms with Crippen LogP contribution in [0.15, 0.2) is 0 Å². The summed E-state index contributed by atoms with van der Waals surface area (Å²) in [5.74, 6) is 0.779. The molecule has 4 fully saturated rings. The third-order valence-corrected chi connectivity index (χ3v) is 6.79. The fraction of sp³-hybridized carbons (Fsp3) is 0.947. The second-order valence-electron chi connectivity index (χ2n) is 8.24. The van der Waals surface area contributed by atoms with Gasteiger partial charge in [-0.1, -0.05) is 13.8 Å². The van der Waals surface area contributed by atoms with E-state index in [1.807, 2.05) is 0 Å². The zero-order valence-corrected chi connectivity index (χ0v) is 14.6. The average molecular weight is 322 g/mol. The minimum atomic E-state index is -0.236. The summed E-state index contributed by atoms with van der Waals surface area (Å²) in [6.07, 6.45) is 8.00. The fourth-order valence-electron chi connectivity index (χ4n) is 5.67. The molecule has 0 radical (unpaired) electrons. The zero-order valence-electron chi connectivity index (χ0n) is 14.6. The number of hydrogen-bond acceptors (Lipinski definition) is 4. The number of carbonyl (C=O) groups is 1. The minimum absolute atomic E-state index is 0.0176. The molecule has 4 heteroatoms. The lowest BCUT2D eigenvalue weighted by Crippen LogP contribution is -2.42. The molecule has 0 aromatic heterocycles. The van der Waals surface area contributed by atoms with Gasteiger partial charge in [0.05, 0.1) is 30.3 Å². The number of esters is 1. The molecular formula is C19H30O4.